The lowest BCUT2D eigenvalue weighted by molar-refractivity contribution is 0.0657. The van der Waals surface area contributed by atoms with E-state index < -0.39 is 0 Å². The maximum Gasteiger partial charge on any atom is 0.289 e. The van der Waals surface area contributed by atoms with Crippen molar-refractivity contribution in [3.63, 3.8) is 0 Å². The van der Waals surface area contributed by atoms with Crippen LogP contribution in [0, 0.1) is 0 Å². The number of nitrogens with one attached hydrogen (secondary N) is 1. The molecule has 34 heavy (non-hydrogen) atoms. The van der Waals surface area contributed by atoms with Crippen LogP contribution in [0.3, 0.4) is 0 Å². The lowest BCUT2D eigenvalue weighted by Gasteiger charge is -2.36. The fourth-order valence-electron chi connectivity index (χ4n) is 3.81. The Balaban J connectivity index is 0.00000324. The van der Waals surface area contributed by atoms with Crippen LogP contribution in [0.25, 0.3) is 0 Å². The van der Waals surface area contributed by atoms with Gasteiger partial charge < -0.3 is 24.1 Å². The van der Waals surface area contributed by atoms with Gasteiger partial charge in [0.25, 0.3) is 11.5 Å². The number of hydrogen-bond donors (Lipinski definition) is 1. The van der Waals surface area contributed by atoms with Crippen LogP contribution in [-0.2, 0) is 13.1 Å². The van der Waals surface area contributed by atoms with Crippen LogP contribution in [-0.4, -0.2) is 59.0 Å². The molecule has 9 heteroatoms. The molecule has 0 spiro atoms. The molecule has 4 rings (SSSR count). The van der Waals surface area contributed by atoms with E-state index in [1.807, 2.05) is 30.0 Å². The Morgan fingerprint density at radius 1 is 0.971 bits per heavy atom. The summed E-state index contributed by atoms with van der Waals surface area (Å²) in [6.45, 7) is 6.59. The van der Waals surface area contributed by atoms with E-state index in [9.17, 15) is 9.59 Å². The van der Waals surface area contributed by atoms with E-state index in [-0.39, 0.29) is 35.4 Å². The predicted molar refractivity (Wildman–Crippen MR) is 143 cm³/mol. The summed E-state index contributed by atoms with van der Waals surface area (Å²) < 4.78 is 6.93. The summed E-state index contributed by atoms with van der Waals surface area (Å²) in [5.41, 5.74) is 2.16. The first-order chi connectivity index (χ1) is 16.1. The van der Waals surface area contributed by atoms with Crippen LogP contribution in [0.15, 0.2) is 81.3 Å². The van der Waals surface area contributed by atoms with Gasteiger partial charge in [0, 0.05) is 45.0 Å². The number of hydrogen-bond acceptors (Lipinski definition) is 4. The number of rotatable bonds is 6. The Morgan fingerprint density at radius 2 is 1.68 bits per heavy atom. The van der Waals surface area contributed by atoms with Gasteiger partial charge in [-0.05, 0) is 36.2 Å². The van der Waals surface area contributed by atoms with Crippen molar-refractivity contribution in [2.45, 2.75) is 20.0 Å². The highest BCUT2D eigenvalue weighted by atomic mass is 127. The number of carbonyl (C=O) groups excluding carboxylic acids is 1. The van der Waals surface area contributed by atoms with Crippen LogP contribution in [0.1, 0.15) is 28.6 Å². The first-order valence-corrected chi connectivity index (χ1v) is 11.2. The van der Waals surface area contributed by atoms with Gasteiger partial charge in [-0.1, -0.05) is 30.3 Å². The van der Waals surface area contributed by atoms with Crippen LogP contribution in [0.2, 0.25) is 0 Å². The Kier molecular flexibility index (Phi) is 9.32. The maximum absolute atomic E-state index is 12.5. The number of nitrogens with zero attached hydrogens (tertiary/aromatic N) is 4. The molecule has 2 aromatic heterocycles. The van der Waals surface area contributed by atoms with E-state index in [2.05, 4.69) is 22.3 Å². The molecule has 0 saturated carbocycles. The van der Waals surface area contributed by atoms with E-state index in [4.69, 9.17) is 9.41 Å². The average Bonchev–Trinajstić information content (AvgIpc) is 3.39. The maximum atomic E-state index is 12.5. The molecule has 1 aromatic carbocycles. The molecule has 1 aliphatic rings. The molecule has 0 radical (unpaired) electrons. The van der Waals surface area contributed by atoms with Gasteiger partial charge in [-0.3, -0.25) is 9.59 Å². The molecule has 3 aromatic rings. The third-order valence-corrected chi connectivity index (χ3v) is 5.62. The summed E-state index contributed by atoms with van der Waals surface area (Å²) in [4.78, 5) is 33.2. The van der Waals surface area contributed by atoms with Gasteiger partial charge >= 0.3 is 0 Å². The van der Waals surface area contributed by atoms with Gasteiger partial charge in [-0.25, -0.2) is 4.99 Å². The second-order valence-corrected chi connectivity index (χ2v) is 7.91. The van der Waals surface area contributed by atoms with Crippen molar-refractivity contribution < 1.29 is 9.21 Å². The second kappa shape index (κ2) is 12.4. The number of aromatic nitrogens is 1. The van der Waals surface area contributed by atoms with E-state index in [0.717, 1.165) is 23.6 Å². The number of halogens is 1. The molecule has 1 saturated heterocycles. The Labute approximate surface area is 216 Å². The minimum atomic E-state index is -0.0700. The summed E-state index contributed by atoms with van der Waals surface area (Å²) in [5, 5.41) is 3.36. The summed E-state index contributed by atoms with van der Waals surface area (Å²) in [6, 6.07) is 16.8. The topological polar surface area (TPSA) is 83.1 Å². The van der Waals surface area contributed by atoms with E-state index in [0.29, 0.717) is 45.0 Å². The molecule has 1 amide bonds. The zero-order valence-corrected chi connectivity index (χ0v) is 21.6. The predicted octanol–water partition coefficient (Wildman–Crippen LogP) is 3.03. The van der Waals surface area contributed by atoms with Gasteiger partial charge in [-0.2, -0.15) is 0 Å². The fraction of sp³-hybridized carbons (Fsp3) is 0.320. The quantitative estimate of drug-likeness (QED) is 0.278. The zero-order valence-electron chi connectivity index (χ0n) is 19.2. The number of piperazine rings is 1. The van der Waals surface area contributed by atoms with Crippen LogP contribution in [0.5, 0.6) is 0 Å². The largest absolute Gasteiger partial charge is 0.459 e. The van der Waals surface area contributed by atoms with Gasteiger partial charge in [0.05, 0.1) is 19.4 Å². The minimum absolute atomic E-state index is 0. The molecule has 1 aliphatic heterocycles. The summed E-state index contributed by atoms with van der Waals surface area (Å²) in [6.07, 6.45) is 3.32. The lowest BCUT2D eigenvalue weighted by atomic mass is 10.1. The third-order valence-electron chi connectivity index (χ3n) is 5.62. The molecule has 3 heterocycles. The minimum Gasteiger partial charge on any atom is -0.459 e. The molecule has 0 bridgehead atoms. The zero-order chi connectivity index (χ0) is 23.0. The smallest absolute Gasteiger partial charge is 0.289 e. The first kappa shape index (κ1) is 25.5. The Hall–Kier alpha value is -3.08. The highest BCUT2D eigenvalue weighted by molar-refractivity contribution is 14.0. The standard InChI is InChI=1S/C25H29N5O3.HI/c1-2-26-25(29-15-13-28(14-16-29)24(32)22-6-5-17-33-22)27-18-20-8-10-21(11-9-20)19-30-12-4-3-7-23(30)31;/h3-12,17H,2,13-16,18-19H2,1H3,(H,26,27);1H. The van der Waals surface area contributed by atoms with Crippen LogP contribution < -0.4 is 10.9 Å². The molecule has 8 nitrogen and oxygen atoms in total. The molecule has 1 N–H and O–H groups in total. The summed E-state index contributed by atoms with van der Waals surface area (Å²) >= 11 is 0. The monoisotopic (exact) mass is 575 g/mol. The molecule has 0 atom stereocenters. The fourth-order valence-corrected chi connectivity index (χ4v) is 3.81. The molecule has 1 fully saturated rings. The number of amides is 1. The van der Waals surface area contributed by atoms with E-state index in [1.165, 1.54) is 6.26 Å². The molecule has 0 aliphatic carbocycles. The number of guanidine groups is 1. The van der Waals surface area contributed by atoms with Crippen molar-refractivity contribution in [1.29, 1.82) is 0 Å². The van der Waals surface area contributed by atoms with Crippen molar-refractivity contribution in [1.82, 2.24) is 19.7 Å². The first-order valence-electron chi connectivity index (χ1n) is 11.2. The van der Waals surface area contributed by atoms with Crippen LogP contribution >= 0.6 is 24.0 Å². The summed E-state index contributed by atoms with van der Waals surface area (Å²) in [7, 11) is 0. The van der Waals surface area contributed by atoms with Crippen LogP contribution in [0.4, 0.5) is 0 Å². The van der Waals surface area contributed by atoms with Crippen molar-refractivity contribution in [2.75, 3.05) is 32.7 Å². The number of aliphatic imine (C=N–C) groups is 1. The van der Waals surface area contributed by atoms with Crippen molar-refractivity contribution in [3.8, 4) is 0 Å². The molecule has 0 unspecified atom stereocenters. The van der Waals surface area contributed by atoms with Crippen molar-refractivity contribution in [2.24, 2.45) is 4.99 Å². The SMILES string of the molecule is CCNC(=NCc1ccc(Cn2ccccc2=O)cc1)N1CCN(C(=O)c2ccco2)CC1.I. The van der Waals surface area contributed by atoms with Gasteiger partial charge in [0.2, 0.25) is 0 Å². The van der Waals surface area contributed by atoms with Gasteiger partial charge in [0.15, 0.2) is 11.7 Å². The highest BCUT2D eigenvalue weighted by Crippen LogP contribution is 2.11. The average molecular weight is 575 g/mol. The van der Waals surface area contributed by atoms with E-state index in [1.54, 1.807) is 35.0 Å². The van der Waals surface area contributed by atoms with Crippen molar-refractivity contribution >= 4 is 35.8 Å². The Bertz CT molecular complexity index is 1130. The second-order valence-electron chi connectivity index (χ2n) is 7.91. The summed E-state index contributed by atoms with van der Waals surface area (Å²) in [5.74, 6) is 1.16. The molecular formula is C25H30IN5O3. The van der Waals surface area contributed by atoms with E-state index >= 15 is 0 Å². The van der Waals surface area contributed by atoms with Gasteiger partial charge in [0.1, 0.15) is 0 Å². The number of benzene rings is 1. The third kappa shape index (κ3) is 6.49. The molecular weight excluding hydrogens is 545 g/mol. The lowest BCUT2D eigenvalue weighted by Crippen LogP contribution is -2.53. The normalized spacial score (nSPS) is 14.0. The number of pyridine rings is 1. The Morgan fingerprint density at radius 3 is 2.32 bits per heavy atom. The molecule has 180 valence electrons. The number of carbonyl (C=O) groups is 1. The van der Waals surface area contributed by atoms with Crippen molar-refractivity contribution in [3.05, 3.63) is 94.3 Å². The highest BCUT2D eigenvalue weighted by Gasteiger charge is 2.25. The van der Waals surface area contributed by atoms with Gasteiger partial charge in [-0.15, -0.1) is 24.0 Å². The number of furan rings is 1.